The van der Waals surface area contributed by atoms with Gasteiger partial charge in [-0.25, -0.2) is 4.98 Å². The summed E-state index contributed by atoms with van der Waals surface area (Å²) in [6, 6.07) is 17.1. The van der Waals surface area contributed by atoms with Crippen molar-refractivity contribution in [3.05, 3.63) is 59.9 Å². The standard InChI is InChI=1S/C23H31N3/c1-3-4-5-6-7-10-17-26(20-15-13-19(2)14-16-20)18-23-24-21-11-8-9-12-22(21)25-23/h8-9,11-16H,3-7,10,17-18H2,1-2H3,(H,24,25). The highest BCUT2D eigenvalue weighted by Crippen LogP contribution is 2.20. The molecule has 0 unspecified atom stereocenters. The van der Waals surface area contributed by atoms with Crippen LogP contribution < -0.4 is 4.90 Å². The Kier molecular flexibility index (Phi) is 6.70. The summed E-state index contributed by atoms with van der Waals surface area (Å²) in [6.07, 6.45) is 7.92. The minimum Gasteiger partial charge on any atom is -0.364 e. The maximum absolute atomic E-state index is 4.77. The van der Waals surface area contributed by atoms with Gasteiger partial charge in [0.2, 0.25) is 0 Å². The Balaban J connectivity index is 1.66. The number of imidazole rings is 1. The molecule has 0 aliphatic carbocycles. The first kappa shape index (κ1) is 18.5. The molecule has 3 aromatic rings. The molecule has 3 heteroatoms. The van der Waals surface area contributed by atoms with Crippen molar-refractivity contribution < 1.29 is 0 Å². The van der Waals surface area contributed by atoms with E-state index in [1.807, 2.05) is 6.07 Å². The van der Waals surface area contributed by atoms with Gasteiger partial charge in [0.05, 0.1) is 17.6 Å². The monoisotopic (exact) mass is 349 g/mol. The summed E-state index contributed by atoms with van der Waals surface area (Å²) in [6.45, 7) is 6.31. The minimum atomic E-state index is 0.826. The highest BCUT2D eigenvalue weighted by molar-refractivity contribution is 5.74. The van der Waals surface area contributed by atoms with Crippen molar-refractivity contribution >= 4 is 16.7 Å². The molecular weight excluding hydrogens is 318 g/mol. The van der Waals surface area contributed by atoms with Crippen LogP contribution in [0.2, 0.25) is 0 Å². The minimum absolute atomic E-state index is 0.826. The van der Waals surface area contributed by atoms with Gasteiger partial charge < -0.3 is 9.88 Å². The van der Waals surface area contributed by atoms with Crippen LogP contribution in [-0.4, -0.2) is 16.5 Å². The molecule has 0 aliphatic rings. The molecule has 3 rings (SSSR count). The second-order valence-electron chi connectivity index (χ2n) is 7.23. The van der Waals surface area contributed by atoms with Crippen LogP contribution in [0.3, 0.4) is 0 Å². The molecule has 0 saturated carbocycles. The molecule has 0 fully saturated rings. The van der Waals surface area contributed by atoms with Gasteiger partial charge in [-0.3, -0.25) is 0 Å². The van der Waals surface area contributed by atoms with E-state index in [0.717, 1.165) is 29.9 Å². The van der Waals surface area contributed by atoms with Gasteiger partial charge >= 0.3 is 0 Å². The summed E-state index contributed by atoms with van der Waals surface area (Å²) in [5.74, 6) is 1.04. The van der Waals surface area contributed by atoms with E-state index in [-0.39, 0.29) is 0 Å². The van der Waals surface area contributed by atoms with Crippen LogP contribution in [0.4, 0.5) is 5.69 Å². The maximum atomic E-state index is 4.77. The summed E-state index contributed by atoms with van der Waals surface area (Å²) in [5, 5.41) is 0. The molecule has 3 nitrogen and oxygen atoms in total. The number of H-pyrrole nitrogens is 1. The number of fused-ring (bicyclic) bond motifs is 1. The molecule has 138 valence electrons. The summed E-state index contributed by atoms with van der Waals surface area (Å²) in [7, 11) is 0. The molecule has 0 spiro atoms. The van der Waals surface area contributed by atoms with Crippen molar-refractivity contribution in [2.45, 2.75) is 58.9 Å². The lowest BCUT2D eigenvalue weighted by Gasteiger charge is -2.24. The number of nitrogens with zero attached hydrogens (tertiary/aromatic N) is 2. The van der Waals surface area contributed by atoms with Crippen LogP contribution in [0.15, 0.2) is 48.5 Å². The number of rotatable bonds is 10. The number of benzene rings is 2. The molecule has 0 saturated heterocycles. The van der Waals surface area contributed by atoms with Gasteiger partial charge in [-0.2, -0.15) is 0 Å². The van der Waals surface area contributed by atoms with E-state index in [9.17, 15) is 0 Å². The Labute approximate surface area is 157 Å². The molecule has 1 heterocycles. The first-order chi connectivity index (χ1) is 12.8. The van der Waals surface area contributed by atoms with E-state index in [0.29, 0.717) is 0 Å². The Morgan fingerprint density at radius 1 is 0.885 bits per heavy atom. The average molecular weight is 350 g/mol. The quantitative estimate of drug-likeness (QED) is 0.439. The fourth-order valence-corrected chi connectivity index (χ4v) is 3.40. The van der Waals surface area contributed by atoms with Crippen LogP contribution in [-0.2, 0) is 6.54 Å². The number of aryl methyl sites for hydroxylation is 1. The second kappa shape index (κ2) is 9.42. The number of hydrogen-bond donors (Lipinski definition) is 1. The fraction of sp³-hybridized carbons (Fsp3) is 0.435. The third kappa shape index (κ3) is 5.10. The van der Waals surface area contributed by atoms with Gasteiger partial charge in [0.25, 0.3) is 0 Å². The lowest BCUT2D eigenvalue weighted by molar-refractivity contribution is 0.595. The Morgan fingerprint density at radius 2 is 1.62 bits per heavy atom. The maximum Gasteiger partial charge on any atom is 0.126 e. The first-order valence-electron chi connectivity index (χ1n) is 10.0. The molecule has 0 aliphatic heterocycles. The highest BCUT2D eigenvalue weighted by Gasteiger charge is 2.10. The third-order valence-electron chi connectivity index (χ3n) is 4.96. The number of nitrogens with one attached hydrogen (secondary N) is 1. The van der Waals surface area contributed by atoms with E-state index in [2.05, 4.69) is 66.2 Å². The zero-order valence-corrected chi connectivity index (χ0v) is 16.2. The molecule has 0 radical (unpaired) electrons. The summed E-state index contributed by atoms with van der Waals surface area (Å²) >= 11 is 0. The SMILES string of the molecule is CCCCCCCCN(Cc1nc2ccccc2[nH]1)c1ccc(C)cc1. The smallest absolute Gasteiger partial charge is 0.126 e. The summed E-state index contributed by atoms with van der Waals surface area (Å²) in [5.41, 5.74) is 4.75. The number of unbranched alkanes of at least 4 members (excludes halogenated alkanes) is 5. The van der Waals surface area contributed by atoms with Crippen molar-refractivity contribution in [3.8, 4) is 0 Å². The lowest BCUT2D eigenvalue weighted by atomic mass is 10.1. The summed E-state index contributed by atoms with van der Waals surface area (Å²) in [4.78, 5) is 10.7. The van der Waals surface area contributed by atoms with Crippen molar-refractivity contribution in [1.29, 1.82) is 0 Å². The first-order valence-corrected chi connectivity index (χ1v) is 10.0. The van der Waals surface area contributed by atoms with Crippen molar-refractivity contribution in [3.63, 3.8) is 0 Å². The van der Waals surface area contributed by atoms with E-state index in [4.69, 9.17) is 4.98 Å². The number of hydrogen-bond acceptors (Lipinski definition) is 2. The van der Waals surface area contributed by atoms with E-state index in [1.165, 1.54) is 49.8 Å². The van der Waals surface area contributed by atoms with Crippen LogP contribution in [0.5, 0.6) is 0 Å². The average Bonchev–Trinajstić information content (AvgIpc) is 3.07. The predicted octanol–water partition coefficient (Wildman–Crippen LogP) is 6.24. The van der Waals surface area contributed by atoms with Crippen LogP contribution in [0.1, 0.15) is 56.8 Å². The normalized spacial score (nSPS) is 11.2. The zero-order valence-electron chi connectivity index (χ0n) is 16.2. The van der Waals surface area contributed by atoms with Crippen LogP contribution >= 0.6 is 0 Å². The number of aromatic amines is 1. The van der Waals surface area contributed by atoms with Crippen LogP contribution in [0.25, 0.3) is 11.0 Å². The van der Waals surface area contributed by atoms with Crippen LogP contribution in [0, 0.1) is 6.92 Å². The van der Waals surface area contributed by atoms with E-state index >= 15 is 0 Å². The molecule has 0 bridgehead atoms. The predicted molar refractivity (Wildman–Crippen MR) is 112 cm³/mol. The molecular formula is C23H31N3. The molecule has 26 heavy (non-hydrogen) atoms. The van der Waals surface area contributed by atoms with E-state index < -0.39 is 0 Å². The highest BCUT2D eigenvalue weighted by atomic mass is 15.2. The molecule has 1 N–H and O–H groups in total. The molecule has 0 amide bonds. The second-order valence-corrected chi connectivity index (χ2v) is 7.23. The fourth-order valence-electron chi connectivity index (χ4n) is 3.40. The van der Waals surface area contributed by atoms with Crippen molar-refractivity contribution in [2.24, 2.45) is 0 Å². The lowest BCUT2D eigenvalue weighted by Crippen LogP contribution is -2.24. The Hall–Kier alpha value is -2.29. The Bertz CT molecular complexity index is 756. The van der Waals surface area contributed by atoms with Gasteiger partial charge in [0.1, 0.15) is 5.82 Å². The van der Waals surface area contributed by atoms with Gasteiger partial charge in [-0.15, -0.1) is 0 Å². The van der Waals surface area contributed by atoms with Gasteiger partial charge in [0, 0.05) is 12.2 Å². The third-order valence-corrected chi connectivity index (χ3v) is 4.96. The number of anilines is 1. The largest absolute Gasteiger partial charge is 0.364 e. The number of para-hydroxylation sites is 2. The van der Waals surface area contributed by atoms with Crippen molar-refractivity contribution in [2.75, 3.05) is 11.4 Å². The van der Waals surface area contributed by atoms with Gasteiger partial charge in [-0.1, -0.05) is 68.9 Å². The molecule has 0 atom stereocenters. The zero-order chi connectivity index (χ0) is 18.2. The topological polar surface area (TPSA) is 31.9 Å². The number of aromatic nitrogens is 2. The summed E-state index contributed by atoms with van der Waals surface area (Å²) < 4.78 is 0. The molecule has 2 aromatic carbocycles. The van der Waals surface area contributed by atoms with E-state index in [1.54, 1.807) is 0 Å². The van der Waals surface area contributed by atoms with Gasteiger partial charge in [-0.05, 0) is 37.6 Å². The van der Waals surface area contributed by atoms with Gasteiger partial charge in [0.15, 0.2) is 0 Å². The van der Waals surface area contributed by atoms with Crippen molar-refractivity contribution in [1.82, 2.24) is 9.97 Å². The Morgan fingerprint density at radius 3 is 2.38 bits per heavy atom. The molecule has 1 aromatic heterocycles.